The van der Waals surface area contributed by atoms with E-state index in [0.29, 0.717) is 29.6 Å². The highest BCUT2D eigenvalue weighted by molar-refractivity contribution is 7.99. The number of fused-ring (bicyclic) bond motifs is 1. The van der Waals surface area contributed by atoms with Crippen LogP contribution in [0.1, 0.15) is 11.7 Å². The van der Waals surface area contributed by atoms with Crippen LogP contribution in [0.4, 0.5) is 5.69 Å². The van der Waals surface area contributed by atoms with Crippen molar-refractivity contribution in [2.75, 3.05) is 11.1 Å². The summed E-state index contributed by atoms with van der Waals surface area (Å²) in [6.07, 6.45) is 4.49. The summed E-state index contributed by atoms with van der Waals surface area (Å²) in [6.45, 7) is 0. The zero-order valence-corrected chi connectivity index (χ0v) is 15.1. The monoisotopic (exact) mass is 380 g/mol. The number of para-hydroxylation sites is 2. The van der Waals surface area contributed by atoms with Crippen molar-refractivity contribution in [1.29, 1.82) is 0 Å². The number of aromatic amines is 1. The highest BCUT2D eigenvalue weighted by Gasteiger charge is 2.11. The molecular weight excluding hydrogens is 364 g/mol. The molecule has 2 N–H and O–H groups in total. The molecule has 0 fully saturated rings. The zero-order valence-electron chi connectivity index (χ0n) is 14.3. The van der Waals surface area contributed by atoms with Gasteiger partial charge in [-0.15, -0.1) is 10.2 Å². The predicted octanol–water partition coefficient (Wildman–Crippen LogP) is 2.86. The van der Waals surface area contributed by atoms with Crippen LogP contribution in [0.5, 0.6) is 0 Å². The highest BCUT2D eigenvalue weighted by Crippen LogP contribution is 2.18. The lowest BCUT2D eigenvalue weighted by Crippen LogP contribution is -2.13. The van der Waals surface area contributed by atoms with E-state index in [2.05, 4.69) is 30.5 Å². The highest BCUT2D eigenvalue weighted by atomic mass is 32.2. The molecule has 0 bridgehead atoms. The van der Waals surface area contributed by atoms with Gasteiger partial charge in [0.1, 0.15) is 5.82 Å². The zero-order chi connectivity index (χ0) is 18.5. The number of anilines is 1. The van der Waals surface area contributed by atoms with Crippen LogP contribution in [0.3, 0.4) is 0 Å². The smallest absolute Gasteiger partial charge is 0.277 e. The first-order valence-corrected chi connectivity index (χ1v) is 9.33. The summed E-state index contributed by atoms with van der Waals surface area (Å²) < 4.78 is 5.59. The molecule has 1 aromatic carbocycles. The first kappa shape index (κ1) is 17.2. The van der Waals surface area contributed by atoms with E-state index in [1.54, 1.807) is 24.5 Å². The van der Waals surface area contributed by atoms with Gasteiger partial charge in [0, 0.05) is 19.0 Å². The van der Waals surface area contributed by atoms with Crippen LogP contribution in [0.2, 0.25) is 0 Å². The molecule has 0 aliphatic heterocycles. The quantitative estimate of drug-likeness (QED) is 0.474. The molecule has 0 atom stereocenters. The Balaban J connectivity index is 1.27. The van der Waals surface area contributed by atoms with E-state index in [4.69, 9.17) is 4.42 Å². The Bertz CT molecular complexity index is 1010. The Morgan fingerprint density at radius 2 is 2.07 bits per heavy atom. The Hall–Kier alpha value is -3.20. The third-order valence-corrected chi connectivity index (χ3v) is 4.55. The maximum absolute atomic E-state index is 11.9. The second kappa shape index (κ2) is 8.00. The summed E-state index contributed by atoms with van der Waals surface area (Å²) in [6, 6.07) is 11.4. The summed E-state index contributed by atoms with van der Waals surface area (Å²) in [4.78, 5) is 23.7. The fourth-order valence-corrected chi connectivity index (χ4v) is 3.09. The topological polar surface area (TPSA) is 110 Å². The second-order valence-electron chi connectivity index (χ2n) is 5.74. The molecule has 3 aromatic heterocycles. The van der Waals surface area contributed by atoms with E-state index in [9.17, 15) is 4.79 Å². The van der Waals surface area contributed by atoms with E-state index < -0.39 is 0 Å². The van der Waals surface area contributed by atoms with Crippen LogP contribution in [0.25, 0.3) is 11.0 Å². The number of aryl methyl sites for hydroxylation is 2. The van der Waals surface area contributed by atoms with Crippen molar-refractivity contribution in [2.24, 2.45) is 0 Å². The van der Waals surface area contributed by atoms with Crippen molar-refractivity contribution in [3.63, 3.8) is 0 Å². The molecule has 136 valence electrons. The molecule has 1 amide bonds. The van der Waals surface area contributed by atoms with Gasteiger partial charge in [-0.25, -0.2) is 4.98 Å². The first-order valence-electron chi connectivity index (χ1n) is 8.35. The number of nitrogens with one attached hydrogen (secondary N) is 2. The van der Waals surface area contributed by atoms with Crippen LogP contribution in [0.15, 0.2) is 58.4 Å². The molecule has 4 aromatic rings. The van der Waals surface area contributed by atoms with Gasteiger partial charge in [0.2, 0.25) is 11.8 Å². The number of amides is 1. The third kappa shape index (κ3) is 4.50. The maximum atomic E-state index is 11.9. The Morgan fingerprint density at radius 3 is 2.93 bits per heavy atom. The summed E-state index contributed by atoms with van der Waals surface area (Å²) in [5.74, 6) is 1.42. The van der Waals surface area contributed by atoms with Crippen molar-refractivity contribution in [3.05, 3.63) is 60.5 Å². The number of benzene rings is 1. The molecule has 0 spiro atoms. The van der Waals surface area contributed by atoms with E-state index >= 15 is 0 Å². The minimum atomic E-state index is -0.157. The Labute approximate surface area is 158 Å². The number of hydrogen-bond donors (Lipinski definition) is 2. The average molecular weight is 380 g/mol. The molecule has 8 nitrogen and oxygen atoms in total. The lowest BCUT2D eigenvalue weighted by atomic mass is 10.3. The molecule has 3 heterocycles. The van der Waals surface area contributed by atoms with Gasteiger partial charge in [-0.3, -0.25) is 9.78 Å². The summed E-state index contributed by atoms with van der Waals surface area (Å²) in [5, 5.41) is 11.1. The average Bonchev–Trinajstić information content (AvgIpc) is 3.32. The largest absolute Gasteiger partial charge is 0.416 e. The molecule has 0 aliphatic rings. The molecule has 27 heavy (non-hydrogen) atoms. The lowest BCUT2D eigenvalue weighted by molar-refractivity contribution is -0.113. The molecule has 0 aliphatic carbocycles. The van der Waals surface area contributed by atoms with Gasteiger partial charge in [-0.05, 0) is 24.3 Å². The fourth-order valence-electron chi connectivity index (χ4n) is 2.51. The third-order valence-electron chi connectivity index (χ3n) is 3.73. The number of H-pyrrole nitrogens is 1. The summed E-state index contributed by atoms with van der Waals surface area (Å²) in [5.41, 5.74) is 2.60. The van der Waals surface area contributed by atoms with E-state index in [1.807, 2.05) is 24.3 Å². The van der Waals surface area contributed by atoms with Crippen molar-refractivity contribution in [2.45, 2.75) is 18.1 Å². The second-order valence-corrected chi connectivity index (χ2v) is 6.67. The number of nitrogens with zero attached hydrogens (tertiary/aromatic N) is 4. The van der Waals surface area contributed by atoms with Gasteiger partial charge in [0.05, 0.1) is 28.7 Å². The number of thioether (sulfide) groups is 1. The van der Waals surface area contributed by atoms with Crippen molar-refractivity contribution < 1.29 is 9.21 Å². The minimum absolute atomic E-state index is 0.157. The molecule has 0 radical (unpaired) electrons. The lowest BCUT2D eigenvalue weighted by Gasteiger charge is -2.02. The van der Waals surface area contributed by atoms with Crippen LogP contribution in [-0.4, -0.2) is 36.8 Å². The van der Waals surface area contributed by atoms with E-state index in [0.717, 1.165) is 16.9 Å². The predicted molar refractivity (Wildman–Crippen MR) is 101 cm³/mol. The SMILES string of the molecule is O=C(CSc1nnc(CCc2nc3ccccc3[nH]2)o1)Nc1cccnc1. The van der Waals surface area contributed by atoms with Gasteiger partial charge in [0.15, 0.2) is 0 Å². The number of carbonyl (C=O) groups is 1. The van der Waals surface area contributed by atoms with E-state index in [-0.39, 0.29) is 11.7 Å². The minimum Gasteiger partial charge on any atom is -0.416 e. The Kier molecular flexibility index (Phi) is 5.10. The normalized spacial score (nSPS) is 11.0. The van der Waals surface area contributed by atoms with Gasteiger partial charge >= 0.3 is 0 Å². The molecule has 0 unspecified atom stereocenters. The fraction of sp³-hybridized carbons (Fsp3) is 0.167. The van der Waals surface area contributed by atoms with Crippen molar-refractivity contribution in [3.8, 4) is 0 Å². The van der Waals surface area contributed by atoms with Crippen LogP contribution in [0, 0.1) is 0 Å². The molecule has 9 heteroatoms. The molecule has 0 saturated carbocycles. The standard InChI is InChI=1S/C18H16N6O2S/c25-16(20-12-4-3-9-19-10-12)11-27-18-24-23-17(26-18)8-7-15-21-13-5-1-2-6-14(13)22-15/h1-6,9-10H,7-8,11H2,(H,20,25)(H,21,22). The summed E-state index contributed by atoms with van der Waals surface area (Å²) >= 11 is 1.20. The number of aromatic nitrogens is 5. The molecule has 0 saturated heterocycles. The first-order chi connectivity index (χ1) is 13.3. The molecular formula is C18H16N6O2S. The van der Waals surface area contributed by atoms with Crippen LogP contribution in [-0.2, 0) is 17.6 Å². The number of pyridine rings is 1. The van der Waals surface area contributed by atoms with Gasteiger partial charge in [0.25, 0.3) is 5.22 Å². The number of carbonyl (C=O) groups excluding carboxylic acids is 1. The van der Waals surface area contributed by atoms with Crippen LogP contribution >= 0.6 is 11.8 Å². The molecule has 4 rings (SSSR count). The van der Waals surface area contributed by atoms with Gasteiger partial charge in [-0.2, -0.15) is 0 Å². The Morgan fingerprint density at radius 1 is 1.15 bits per heavy atom. The number of rotatable bonds is 7. The van der Waals surface area contributed by atoms with Gasteiger partial charge in [-0.1, -0.05) is 23.9 Å². The van der Waals surface area contributed by atoms with Crippen molar-refractivity contribution >= 4 is 34.4 Å². The van der Waals surface area contributed by atoms with Crippen molar-refractivity contribution in [1.82, 2.24) is 25.1 Å². The summed E-state index contributed by atoms with van der Waals surface area (Å²) in [7, 11) is 0. The number of hydrogen-bond acceptors (Lipinski definition) is 7. The van der Waals surface area contributed by atoms with Gasteiger partial charge < -0.3 is 14.7 Å². The van der Waals surface area contributed by atoms with Crippen LogP contribution < -0.4 is 5.32 Å². The maximum Gasteiger partial charge on any atom is 0.277 e. The van der Waals surface area contributed by atoms with E-state index in [1.165, 1.54) is 11.8 Å². The number of imidazole rings is 1.